The Kier molecular flexibility index (Phi) is 7.88. The lowest BCUT2D eigenvalue weighted by atomic mass is 10.1. The van der Waals surface area contributed by atoms with Gasteiger partial charge in [0, 0.05) is 25.3 Å². The summed E-state index contributed by atoms with van der Waals surface area (Å²) >= 11 is 1.45. The number of carbonyl (C=O) groups excluding carboxylic acids is 2. The molecule has 0 atom stereocenters. The first kappa shape index (κ1) is 20.5. The van der Waals surface area contributed by atoms with Crippen LogP contribution in [-0.4, -0.2) is 40.1 Å². The van der Waals surface area contributed by atoms with Crippen LogP contribution in [0, 0.1) is 0 Å². The third kappa shape index (κ3) is 7.15. The largest absolute Gasteiger partial charge is 0.478 e. The summed E-state index contributed by atoms with van der Waals surface area (Å²) in [6, 6.07) is 16.2. The first-order chi connectivity index (χ1) is 13.0. The van der Waals surface area contributed by atoms with Gasteiger partial charge in [-0.05, 0) is 23.3 Å². The number of primary amides is 1. The highest BCUT2D eigenvalue weighted by Crippen LogP contribution is 2.15. The van der Waals surface area contributed by atoms with Crippen molar-refractivity contribution in [3.8, 4) is 0 Å². The summed E-state index contributed by atoms with van der Waals surface area (Å²) in [5.74, 6) is -0.595. The van der Waals surface area contributed by atoms with Gasteiger partial charge < -0.3 is 15.7 Å². The van der Waals surface area contributed by atoms with Crippen molar-refractivity contribution in [2.45, 2.75) is 18.7 Å². The van der Waals surface area contributed by atoms with Crippen LogP contribution < -0.4 is 5.73 Å². The molecule has 27 heavy (non-hydrogen) atoms. The molecule has 2 amide bonds. The van der Waals surface area contributed by atoms with Gasteiger partial charge in [0.25, 0.3) is 0 Å². The number of nitrogens with zero attached hydrogens (tertiary/aromatic N) is 1. The fourth-order valence-electron chi connectivity index (χ4n) is 2.43. The number of benzene rings is 2. The van der Waals surface area contributed by atoms with Gasteiger partial charge in [0.2, 0.25) is 11.8 Å². The fourth-order valence-corrected chi connectivity index (χ4v) is 3.32. The summed E-state index contributed by atoms with van der Waals surface area (Å²) in [5.41, 5.74) is 7.40. The number of hydrogen-bond acceptors (Lipinski definition) is 4. The van der Waals surface area contributed by atoms with E-state index in [1.807, 2.05) is 30.3 Å². The summed E-state index contributed by atoms with van der Waals surface area (Å²) in [7, 11) is 0. The average molecular weight is 386 g/mol. The summed E-state index contributed by atoms with van der Waals surface area (Å²) in [4.78, 5) is 36.2. The molecule has 3 N–H and O–H groups in total. The molecule has 2 rings (SSSR count). The quantitative estimate of drug-likeness (QED) is 0.653. The van der Waals surface area contributed by atoms with E-state index >= 15 is 0 Å². The van der Waals surface area contributed by atoms with Crippen LogP contribution in [0.4, 0.5) is 0 Å². The van der Waals surface area contributed by atoms with Crippen LogP contribution in [0.5, 0.6) is 0 Å². The molecule has 0 saturated heterocycles. The van der Waals surface area contributed by atoms with Gasteiger partial charge in [-0.1, -0.05) is 42.5 Å². The van der Waals surface area contributed by atoms with Crippen LogP contribution in [0.3, 0.4) is 0 Å². The molecule has 0 bridgehead atoms. The molecule has 0 saturated carbocycles. The van der Waals surface area contributed by atoms with Crippen molar-refractivity contribution in [1.29, 1.82) is 0 Å². The molecule has 0 spiro atoms. The van der Waals surface area contributed by atoms with Crippen molar-refractivity contribution in [2.24, 2.45) is 5.73 Å². The molecule has 0 aromatic heterocycles. The zero-order chi connectivity index (χ0) is 19.6. The molecule has 0 radical (unpaired) electrons. The van der Waals surface area contributed by atoms with Crippen molar-refractivity contribution >= 4 is 29.5 Å². The van der Waals surface area contributed by atoms with Crippen LogP contribution in [0.2, 0.25) is 0 Å². The van der Waals surface area contributed by atoms with E-state index in [0.29, 0.717) is 12.3 Å². The van der Waals surface area contributed by atoms with Crippen LogP contribution >= 0.6 is 11.8 Å². The third-order valence-corrected chi connectivity index (χ3v) is 4.88. The maximum absolute atomic E-state index is 12.6. The van der Waals surface area contributed by atoms with Crippen LogP contribution in [0.25, 0.3) is 0 Å². The van der Waals surface area contributed by atoms with E-state index in [-0.39, 0.29) is 30.2 Å². The molecule has 6 nitrogen and oxygen atoms in total. The maximum Gasteiger partial charge on any atom is 0.335 e. The lowest BCUT2D eigenvalue weighted by molar-refractivity contribution is -0.129. The van der Waals surface area contributed by atoms with Crippen molar-refractivity contribution in [3.63, 3.8) is 0 Å². The average Bonchev–Trinajstić information content (AvgIpc) is 2.66. The van der Waals surface area contributed by atoms with Crippen molar-refractivity contribution in [1.82, 2.24) is 4.90 Å². The van der Waals surface area contributed by atoms with Crippen molar-refractivity contribution < 1.29 is 19.5 Å². The Labute approximate surface area is 162 Å². The molecular formula is C20H22N2O4S. The number of rotatable bonds is 10. The lowest BCUT2D eigenvalue weighted by Gasteiger charge is -2.22. The van der Waals surface area contributed by atoms with E-state index in [1.54, 1.807) is 29.2 Å². The minimum absolute atomic E-state index is 0.0627. The number of nitrogens with two attached hydrogens (primary N) is 1. The number of hydrogen-bond donors (Lipinski definition) is 2. The van der Waals surface area contributed by atoms with Crippen molar-refractivity contribution in [3.05, 3.63) is 71.3 Å². The molecule has 0 unspecified atom stereocenters. The Morgan fingerprint density at radius 3 is 2.22 bits per heavy atom. The smallest absolute Gasteiger partial charge is 0.335 e. The summed E-state index contributed by atoms with van der Waals surface area (Å²) in [5, 5.41) is 8.91. The second kappa shape index (κ2) is 10.4. The lowest BCUT2D eigenvalue weighted by Crippen LogP contribution is -2.34. The number of aromatic carboxylic acids is 1. The van der Waals surface area contributed by atoms with E-state index in [4.69, 9.17) is 10.8 Å². The molecule has 0 aliphatic rings. The van der Waals surface area contributed by atoms with Crippen LogP contribution in [-0.2, 0) is 21.9 Å². The monoisotopic (exact) mass is 386 g/mol. The predicted octanol–water partition coefficient (Wildman–Crippen LogP) is 2.52. The fraction of sp³-hybridized carbons (Fsp3) is 0.250. The van der Waals surface area contributed by atoms with Gasteiger partial charge in [-0.3, -0.25) is 9.59 Å². The van der Waals surface area contributed by atoms with Crippen LogP contribution in [0.1, 0.15) is 27.9 Å². The molecule has 0 aliphatic heterocycles. The van der Waals surface area contributed by atoms with Crippen molar-refractivity contribution in [2.75, 3.05) is 12.3 Å². The van der Waals surface area contributed by atoms with Gasteiger partial charge in [0.1, 0.15) is 0 Å². The highest BCUT2D eigenvalue weighted by Gasteiger charge is 2.15. The molecule has 0 fully saturated rings. The Hall–Kier alpha value is -2.80. The van der Waals surface area contributed by atoms with Gasteiger partial charge in [-0.25, -0.2) is 4.79 Å². The molecule has 0 heterocycles. The molecule has 142 valence electrons. The normalized spacial score (nSPS) is 10.4. The number of carboxylic acid groups (broad SMARTS) is 1. The molecule has 0 aliphatic carbocycles. The van der Waals surface area contributed by atoms with Gasteiger partial charge >= 0.3 is 5.97 Å². The van der Waals surface area contributed by atoms with Gasteiger partial charge in [-0.15, -0.1) is 11.8 Å². The first-order valence-electron chi connectivity index (χ1n) is 8.45. The first-order valence-corrected chi connectivity index (χ1v) is 9.61. The number of thioether (sulfide) groups is 1. The molecule has 7 heteroatoms. The third-order valence-electron chi connectivity index (χ3n) is 3.89. The number of carboxylic acids is 1. The van der Waals surface area contributed by atoms with E-state index in [2.05, 4.69) is 0 Å². The van der Waals surface area contributed by atoms with E-state index in [0.717, 1.165) is 11.1 Å². The van der Waals surface area contributed by atoms with E-state index < -0.39 is 11.9 Å². The second-order valence-corrected chi connectivity index (χ2v) is 7.00. The highest BCUT2D eigenvalue weighted by atomic mass is 32.2. The Bertz CT molecular complexity index is 778. The number of amides is 2. The zero-order valence-corrected chi connectivity index (χ0v) is 15.7. The number of carbonyl (C=O) groups is 3. The zero-order valence-electron chi connectivity index (χ0n) is 14.8. The standard InChI is InChI=1S/C20H22N2O4S/c21-18(23)10-11-22(12-15-4-2-1-3-5-15)19(24)14-27-13-16-6-8-17(9-7-16)20(25)26/h1-9H,10-14H2,(H2,21,23)(H,25,26). The minimum atomic E-state index is -0.963. The van der Waals surface area contributed by atoms with E-state index in [9.17, 15) is 14.4 Å². The summed E-state index contributed by atoms with van der Waals surface area (Å²) < 4.78 is 0. The molecule has 2 aromatic rings. The van der Waals surface area contributed by atoms with Crippen LogP contribution in [0.15, 0.2) is 54.6 Å². The molecular weight excluding hydrogens is 364 g/mol. The summed E-state index contributed by atoms with van der Waals surface area (Å²) in [6.45, 7) is 0.720. The Morgan fingerprint density at radius 2 is 1.63 bits per heavy atom. The SMILES string of the molecule is NC(=O)CCN(Cc1ccccc1)C(=O)CSCc1ccc(C(=O)O)cc1. The molecule has 2 aromatic carbocycles. The Balaban J connectivity index is 1.89. The second-order valence-electron chi connectivity index (χ2n) is 6.01. The maximum atomic E-state index is 12.6. The van der Waals surface area contributed by atoms with E-state index in [1.165, 1.54) is 11.8 Å². The van der Waals surface area contributed by atoms with Gasteiger partial charge in [0.05, 0.1) is 11.3 Å². The topological polar surface area (TPSA) is 101 Å². The highest BCUT2D eigenvalue weighted by molar-refractivity contribution is 7.99. The summed E-state index contributed by atoms with van der Waals surface area (Å²) in [6.07, 6.45) is 0.125. The predicted molar refractivity (Wildman–Crippen MR) is 105 cm³/mol. The van der Waals surface area contributed by atoms with Gasteiger partial charge in [0.15, 0.2) is 0 Å². The Morgan fingerprint density at radius 1 is 0.963 bits per heavy atom. The van der Waals surface area contributed by atoms with Gasteiger partial charge in [-0.2, -0.15) is 0 Å². The minimum Gasteiger partial charge on any atom is -0.478 e.